The molecule has 0 fully saturated rings. The van der Waals surface area contributed by atoms with Crippen LogP contribution in [0.15, 0.2) is 36.4 Å². The molecule has 0 N–H and O–H groups in total. The molecule has 0 atom stereocenters. The number of carbonyl (C=O) groups excluding carboxylic acids is 1. The van der Waals surface area contributed by atoms with Gasteiger partial charge in [0.15, 0.2) is 0 Å². The summed E-state index contributed by atoms with van der Waals surface area (Å²) < 4.78 is 6.24. The second-order valence-electron chi connectivity index (χ2n) is 4.27. The number of benzene rings is 1. The Balaban J connectivity index is 2.38. The summed E-state index contributed by atoms with van der Waals surface area (Å²) in [4.78, 5) is 16.4. The molecule has 0 saturated heterocycles. The van der Waals surface area contributed by atoms with Gasteiger partial charge in [-0.25, -0.2) is 4.79 Å². The largest absolute Gasteiger partial charge is 0.462 e. The summed E-state index contributed by atoms with van der Waals surface area (Å²) in [6.45, 7) is 4.17. The molecule has 0 radical (unpaired) electrons. The highest BCUT2D eigenvalue weighted by Gasteiger charge is 2.13. The van der Waals surface area contributed by atoms with Gasteiger partial charge in [0.05, 0.1) is 23.6 Å². The first kappa shape index (κ1) is 15.0. The average Bonchev–Trinajstić information content (AvgIpc) is 2.47. The number of aryl methyl sites for hydroxylation is 1. The number of ether oxygens (including phenoxy) is 1. The summed E-state index contributed by atoms with van der Waals surface area (Å²) in [5.41, 5.74) is 3.27. The Kier molecular flexibility index (Phi) is 5.11. The molecule has 0 aliphatic rings. The topological polar surface area (TPSA) is 39.2 Å². The van der Waals surface area contributed by atoms with Crippen LogP contribution in [0.3, 0.4) is 0 Å². The number of aromatic nitrogens is 1. The molecule has 0 unspecified atom stereocenters. The predicted octanol–water partition coefficient (Wildman–Crippen LogP) is 4.09. The number of esters is 1. The molecule has 0 spiro atoms. The normalized spacial score (nSPS) is 10.3. The summed E-state index contributed by atoms with van der Waals surface area (Å²) in [6.07, 6.45) is 0.701. The molecule has 0 amide bonds. The van der Waals surface area contributed by atoms with E-state index in [0.717, 1.165) is 17.0 Å². The fraction of sp³-hybridized carbons (Fsp3) is 0.250. The van der Waals surface area contributed by atoms with Crippen molar-refractivity contribution in [2.75, 3.05) is 6.61 Å². The highest BCUT2D eigenvalue weighted by Crippen LogP contribution is 2.21. The van der Waals surface area contributed by atoms with Crippen molar-refractivity contribution in [2.24, 2.45) is 0 Å². The lowest BCUT2D eigenvalue weighted by molar-refractivity contribution is 0.0524. The van der Waals surface area contributed by atoms with Crippen LogP contribution in [0.2, 0.25) is 0 Å². The summed E-state index contributed by atoms with van der Waals surface area (Å²) in [5, 5.41) is 0. The Morgan fingerprint density at radius 2 is 1.85 bits per heavy atom. The molecule has 1 aromatic heterocycles. The maximum absolute atomic E-state index is 11.9. The molecular weight excluding hydrogens is 365 g/mol. The summed E-state index contributed by atoms with van der Waals surface area (Å²) in [5.74, 6) is -0.300. The van der Waals surface area contributed by atoms with Crippen LogP contribution in [0.25, 0.3) is 11.3 Å². The van der Waals surface area contributed by atoms with Crippen LogP contribution in [-0.4, -0.2) is 17.6 Å². The van der Waals surface area contributed by atoms with Crippen molar-refractivity contribution < 1.29 is 9.53 Å². The number of pyridine rings is 1. The van der Waals surface area contributed by atoms with E-state index in [-0.39, 0.29) is 5.97 Å². The van der Waals surface area contributed by atoms with Crippen LogP contribution in [0.5, 0.6) is 0 Å². The molecule has 1 aromatic carbocycles. The van der Waals surface area contributed by atoms with Gasteiger partial charge in [0.1, 0.15) is 0 Å². The van der Waals surface area contributed by atoms with E-state index in [4.69, 9.17) is 4.74 Å². The van der Waals surface area contributed by atoms with Gasteiger partial charge in [-0.15, -0.1) is 0 Å². The SMILES string of the molecule is CCOC(=O)c1ccc(-c2ccc(I)cc2)nc1CC. The number of hydrogen-bond acceptors (Lipinski definition) is 3. The third-order valence-electron chi connectivity index (χ3n) is 2.94. The zero-order valence-electron chi connectivity index (χ0n) is 11.5. The molecule has 0 saturated carbocycles. The van der Waals surface area contributed by atoms with Crippen molar-refractivity contribution in [3.05, 3.63) is 51.2 Å². The molecule has 2 rings (SSSR count). The van der Waals surface area contributed by atoms with Crippen molar-refractivity contribution in [3.63, 3.8) is 0 Å². The monoisotopic (exact) mass is 381 g/mol. The van der Waals surface area contributed by atoms with Crippen molar-refractivity contribution in [3.8, 4) is 11.3 Å². The smallest absolute Gasteiger partial charge is 0.339 e. The van der Waals surface area contributed by atoms with Crippen molar-refractivity contribution >= 4 is 28.6 Å². The minimum atomic E-state index is -0.300. The van der Waals surface area contributed by atoms with Crippen LogP contribution in [0.1, 0.15) is 29.9 Å². The Bertz CT molecular complexity index is 608. The predicted molar refractivity (Wildman–Crippen MR) is 87.7 cm³/mol. The highest BCUT2D eigenvalue weighted by molar-refractivity contribution is 14.1. The summed E-state index contributed by atoms with van der Waals surface area (Å²) in [7, 11) is 0. The van der Waals surface area contributed by atoms with Gasteiger partial charge in [-0.3, -0.25) is 4.98 Å². The molecular formula is C16H16INO2. The molecule has 0 aliphatic carbocycles. The van der Waals surface area contributed by atoms with Gasteiger partial charge in [0, 0.05) is 9.13 Å². The zero-order valence-corrected chi connectivity index (χ0v) is 13.7. The second-order valence-corrected chi connectivity index (χ2v) is 5.52. The van der Waals surface area contributed by atoms with Crippen LogP contribution in [0, 0.1) is 3.57 Å². The highest BCUT2D eigenvalue weighted by atomic mass is 127. The van der Waals surface area contributed by atoms with Gasteiger partial charge in [-0.1, -0.05) is 19.1 Å². The van der Waals surface area contributed by atoms with Gasteiger partial charge in [0.2, 0.25) is 0 Å². The van der Waals surface area contributed by atoms with Crippen LogP contribution < -0.4 is 0 Å². The summed E-state index contributed by atoms with van der Waals surface area (Å²) >= 11 is 2.27. The Hall–Kier alpha value is -1.43. The molecule has 0 bridgehead atoms. The lowest BCUT2D eigenvalue weighted by Crippen LogP contribution is -2.09. The van der Waals surface area contributed by atoms with Crippen molar-refractivity contribution in [1.29, 1.82) is 0 Å². The first-order valence-corrected chi connectivity index (χ1v) is 7.66. The lowest BCUT2D eigenvalue weighted by Gasteiger charge is -2.09. The molecule has 20 heavy (non-hydrogen) atoms. The van der Waals surface area contributed by atoms with E-state index in [1.165, 1.54) is 3.57 Å². The van der Waals surface area contributed by atoms with Crippen LogP contribution in [-0.2, 0) is 11.2 Å². The van der Waals surface area contributed by atoms with Gasteiger partial charge in [-0.05, 0) is 60.2 Å². The molecule has 1 heterocycles. The number of nitrogens with zero attached hydrogens (tertiary/aromatic N) is 1. The number of carbonyl (C=O) groups is 1. The summed E-state index contributed by atoms with van der Waals surface area (Å²) in [6, 6.07) is 11.8. The number of halogens is 1. The lowest BCUT2D eigenvalue weighted by atomic mass is 10.1. The molecule has 3 nitrogen and oxygen atoms in total. The van der Waals surface area contributed by atoms with Crippen LogP contribution >= 0.6 is 22.6 Å². The van der Waals surface area contributed by atoms with Gasteiger partial charge < -0.3 is 4.74 Å². The third-order valence-corrected chi connectivity index (χ3v) is 3.66. The van der Waals surface area contributed by atoms with Gasteiger partial charge in [0.25, 0.3) is 0 Å². The Labute approximate surface area is 132 Å². The minimum Gasteiger partial charge on any atom is -0.462 e. The molecule has 4 heteroatoms. The standard InChI is InChI=1S/C16H16INO2/c1-3-14-13(16(19)20-4-2)9-10-15(18-14)11-5-7-12(17)8-6-11/h5-10H,3-4H2,1-2H3. The number of hydrogen-bond donors (Lipinski definition) is 0. The maximum atomic E-state index is 11.9. The van der Waals surface area contributed by atoms with Crippen LogP contribution in [0.4, 0.5) is 0 Å². The first-order valence-electron chi connectivity index (χ1n) is 6.58. The van der Waals surface area contributed by atoms with Gasteiger partial charge in [-0.2, -0.15) is 0 Å². The number of rotatable bonds is 4. The Morgan fingerprint density at radius 3 is 2.45 bits per heavy atom. The fourth-order valence-corrected chi connectivity index (χ4v) is 2.31. The van der Waals surface area contributed by atoms with E-state index in [2.05, 4.69) is 27.6 Å². The van der Waals surface area contributed by atoms with E-state index in [1.54, 1.807) is 13.0 Å². The Morgan fingerprint density at radius 1 is 1.15 bits per heavy atom. The van der Waals surface area contributed by atoms with E-state index < -0.39 is 0 Å². The van der Waals surface area contributed by atoms with E-state index in [1.807, 2.05) is 37.3 Å². The van der Waals surface area contributed by atoms with Gasteiger partial charge >= 0.3 is 5.97 Å². The molecule has 104 valence electrons. The third kappa shape index (κ3) is 3.36. The fourth-order valence-electron chi connectivity index (χ4n) is 1.95. The average molecular weight is 381 g/mol. The molecule has 0 aliphatic heterocycles. The second kappa shape index (κ2) is 6.83. The van der Waals surface area contributed by atoms with Crippen molar-refractivity contribution in [1.82, 2.24) is 4.98 Å². The molecule has 2 aromatic rings. The minimum absolute atomic E-state index is 0.300. The maximum Gasteiger partial charge on any atom is 0.339 e. The van der Waals surface area contributed by atoms with E-state index in [9.17, 15) is 4.79 Å². The van der Waals surface area contributed by atoms with Crippen molar-refractivity contribution in [2.45, 2.75) is 20.3 Å². The zero-order chi connectivity index (χ0) is 14.5. The quantitative estimate of drug-likeness (QED) is 0.592. The first-order chi connectivity index (χ1) is 9.65. The van der Waals surface area contributed by atoms with E-state index in [0.29, 0.717) is 18.6 Å². The van der Waals surface area contributed by atoms with E-state index >= 15 is 0 Å².